The molecule has 0 fully saturated rings. The molecule has 0 spiro atoms. The van der Waals surface area contributed by atoms with Gasteiger partial charge in [-0.05, 0) is 36.0 Å². The maximum atomic E-state index is 12.9. The second-order valence-corrected chi connectivity index (χ2v) is 5.01. The van der Waals surface area contributed by atoms with Gasteiger partial charge in [-0.3, -0.25) is 4.98 Å². The molecule has 3 rings (SSSR count). The normalized spacial score (nSPS) is 10.7. The van der Waals surface area contributed by atoms with E-state index < -0.39 is 0 Å². The molecule has 5 nitrogen and oxygen atoms in total. The van der Waals surface area contributed by atoms with Gasteiger partial charge in [0.15, 0.2) is 11.0 Å². The lowest BCUT2D eigenvalue weighted by Gasteiger charge is -2.03. The van der Waals surface area contributed by atoms with Gasteiger partial charge in [0.2, 0.25) is 0 Å². The first kappa shape index (κ1) is 12.7. The maximum absolute atomic E-state index is 12.9. The molecule has 100 valence electrons. The number of hydrogen-bond donors (Lipinski definition) is 0. The highest BCUT2D eigenvalue weighted by atomic mass is 32.2. The molecule has 0 aliphatic rings. The third-order valence-corrected chi connectivity index (χ3v) is 3.63. The predicted molar refractivity (Wildman–Crippen MR) is 72.6 cm³/mol. The van der Waals surface area contributed by atoms with Crippen LogP contribution < -0.4 is 0 Å². The second kappa shape index (κ2) is 5.38. The van der Waals surface area contributed by atoms with Gasteiger partial charge in [-0.15, -0.1) is 10.2 Å². The SMILES string of the molecule is Cn1c(Sc2cnccn2)nnc1-c1ccc(F)cc1. The van der Waals surface area contributed by atoms with Gasteiger partial charge in [0.25, 0.3) is 0 Å². The van der Waals surface area contributed by atoms with Gasteiger partial charge >= 0.3 is 0 Å². The zero-order valence-corrected chi connectivity index (χ0v) is 11.4. The molecule has 2 aromatic heterocycles. The zero-order valence-electron chi connectivity index (χ0n) is 10.6. The number of halogens is 1. The summed E-state index contributed by atoms with van der Waals surface area (Å²) in [4.78, 5) is 8.18. The van der Waals surface area contributed by atoms with Crippen LogP contribution in [0.4, 0.5) is 4.39 Å². The fourth-order valence-corrected chi connectivity index (χ4v) is 2.40. The van der Waals surface area contributed by atoms with Crippen LogP contribution in [0.1, 0.15) is 0 Å². The molecule has 0 radical (unpaired) electrons. The molecule has 2 heterocycles. The van der Waals surface area contributed by atoms with Gasteiger partial charge in [-0.2, -0.15) is 0 Å². The predicted octanol–water partition coefficient (Wildman–Crippen LogP) is 2.56. The Kier molecular flexibility index (Phi) is 3.42. The molecule has 7 heteroatoms. The summed E-state index contributed by atoms with van der Waals surface area (Å²) in [5.74, 6) is 0.404. The lowest BCUT2D eigenvalue weighted by Crippen LogP contribution is -1.95. The van der Waals surface area contributed by atoms with E-state index in [1.165, 1.54) is 23.9 Å². The summed E-state index contributed by atoms with van der Waals surface area (Å²) < 4.78 is 14.8. The van der Waals surface area contributed by atoms with E-state index in [1.807, 2.05) is 11.6 Å². The van der Waals surface area contributed by atoms with E-state index >= 15 is 0 Å². The summed E-state index contributed by atoms with van der Waals surface area (Å²) in [5, 5.41) is 9.70. The summed E-state index contributed by atoms with van der Waals surface area (Å²) in [6, 6.07) is 6.16. The van der Waals surface area contributed by atoms with E-state index in [9.17, 15) is 4.39 Å². The summed E-state index contributed by atoms with van der Waals surface area (Å²) >= 11 is 1.37. The van der Waals surface area contributed by atoms with Crippen molar-refractivity contribution in [1.29, 1.82) is 0 Å². The van der Waals surface area contributed by atoms with Crippen LogP contribution >= 0.6 is 11.8 Å². The van der Waals surface area contributed by atoms with E-state index in [0.29, 0.717) is 11.0 Å². The number of benzene rings is 1. The van der Waals surface area contributed by atoms with Gasteiger partial charge < -0.3 is 4.57 Å². The van der Waals surface area contributed by atoms with Crippen molar-refractivity contribution in [1.82, 2.24) is 24.7 Å². The van der Waals surface area contributed by atoms with Gasteiger partial charge in [-0.25, -0.2) is 9.37 Å². The quantitative estimate of drug-likeness (QED) is 0.741. The number of aromatic nitrogens is 5. The van der Waals surface area contributed by atoms with E-state index in [0.717, 1.165) is 10.6 Å². The van der Waals surface area contributed by atoms with Crippen LogP contribution in [0.3, 0.4) is 0 Å². The van der Waals surface area contributed by atoms with E-state index in [2.05, 4.69) is 20.2 Å². The van der Waals surface area contributed by atoms with Crippen LogP contribution in [-0.2, 0) is 7.05 Å². The van der Waals surface area contributed by atoms with Crippen LogP contribution in [-0.4, -0.2) is 24.7 Å². The fourth-order valence-electron chi connectivity index (χ4n) is 1.69. The summed E-state index contributed by atoms with van der Waals surface area (Å²) in [6.45, 7) is 0. The molecule has 0 amide bonds. The van der Waals surface area contributed by atoms with E-state index in [4.69, 9.17) is 0 Å². The van der Waals surface area contributed by atoms with Crippen molar-refractivity contribution in [3.63, 3.8) is 0 Å². The molecule has 0 unspecified atom stereocenters. The minimum Gasteiger partial charge on any atom is -0.305 e. The van der Waals surface area contributed by atoms with E-state index in [1.54, 1.807) is 30.7 Å². The Bertz CT molecular complexity index is 711. The average molecular weight is 287 g/mol. The molecular weight excluding hydrogens is 277 g/mol. The van der Waals surface area contributed by atoms with Crippen LogP contribution in [0.15, 0.2) is 53.0 Å². The Morgan fingerprint density at radius 1 is 1.10 bits per heavy atom. The maximum Gasteiger partial charge on any atom is 0.197 e. The first-order valence-corrected chi connectivity index (χ1v) is 6.65. The summed E-state index contributed by atoms with van der Waals surface area (Å²) in [6.07, 6.45) is 4.90. The van der Waals surface area contributed by atoms with Crippen molar-refractivity contribution in [2.45, 2.75) is 10.2 Å². The lowest BCUT2D eigenvalue weighted by molar-refractivity contribution is 0.628. The molecule has 0 saturated heterocycles. The largest absolute Gasteiger partial charge is 0.305 e. The average Bonchev–Trinajstić information content (AvgIpc) is 2.83. The van der Waals surface area contributed by atoms with Gasteiger partial charge in [0.05, 0.1) is 6.20 Å². The van der Waals surface area contributed by atoms with Crippen molar-refractivity contribution in [3.05, 3.63) is 48.7 Å². The molecule has 0 saturated carbocycles. The van der Waals surface area contributed by atoms with Gasteiger partial charge in [0.1, 0.15) is 10.8 Å². The number of rotatable bonds is 3. The van der Waals surface area contributed by atoms with Crippen LogP contribution in [0, 0.1) is 5.82 Å². The van der Waals surface area contributed by atoms with Gasteiger partial charge in [-0.1, -0.05) is 0 Å². The highest BCUT2D eigenvalue weighted by Gasteiger charge is 2.12. The Hall–Kier alpha value is -2.28. The Labute approximate surface area is 118 Å². The third-order valence-electron chi connectivity index (χ3n) is 2.67. The molecule has 3 aromatic rings. The van der Waals surface area contributed by atoms with Crippen LogP contribution in [0.2, 0.25) is 0 Å². The van der Waals surface area contributed by atoms with Crippen molar-refractivity contribution < 1.29 is 4.39 Å². The monoisotopic (exact) mass is 287 g/mol. The molecule has 0 aliphatic carbocycles. The van der Waals surface area contributed by atoms with Crippen molar-refractivity contribution in [2.75, 3.05) is 0 Å². The Morgan fingerprint density at radius 2 is 1.90 bits per heavy atom. The highest BCUT2D eigenvalue weighted by Crippen LogP contribution is 2.26. The summed E-state index contributed by atoms with van der Waals surface area (Å²) in [7, 11) is 1.86. The molecule has 0 bridgehead atoms. The molecule has 0 N–H and O–H groups in total. The van der Waals surface area contributed by atoms with Crippen LogP contribution in [0.5, 0.6) is 0 Å². The lowest BCUT2D eigenvalue weighted by atomic mass is 10.2. The van der Waals surface area contributed by atoms with Crippen molar-refractivity contribution in [2.24, 2.45) is 7.05 Å². The van der Waals surface area contributed by atoms with Crippen LogP contribution in [0.25, 0.3) is 11.4 Å². The number of nitrogens with zero attached hydrogens (tertiary/aromatic N) is 5. The van der Waals surface area contributed by atoms with Crippen molar-refractivity contribution in [3.8, 4) is 11.4 Å². The second-order valence-electron chi connectivity index (χ2n) is 4.02. The minimum absolute atomic E-state index is 0.273. The molecule has 1 aromatic carbocycles. The van der Waals surface area contributed by atoms with E-state index in [-0.39, 0.29) is 5.82 Å². The fraction of sp³-hybridized carbons (Fsp3) is 0.0769. The first-order chi connectivity index (χ1) is 9.74. The highest BCUT2D eigenvalue weighted by molar-refractivity contribution is 7.99. The topological polar surface area (TPSA) is 56.5 Å². The molecule has 20 heavy (non-hydrogen) atoms. The van der Waals surface area contributed by atoms with Crippen molar-refractivity contribution >= 4 is 11.8 Å². The standard InChI is InChI=1S/C13H10FN5S/c1-19-12(9-2-4-10(14)5-3-9)17-18-13(19)20-11-8-15-6-7-16-11/h2-8H,1H3. The molecule has 0 atom stereocenters. The molecule has 0 aliphatic heterocycles. The third kappa shape index (κ3) is 2.53. The summed E-state index contributed by atoms with van der Waals surface area (Å²) in [5.41, 5.74) is 0.812. The first-order valence-electron chi connectivity index (χ1n) is 5.83. The Morgan fingerprint density at radius 3 is 2.60 bits per heavy atom. The Balaban J connectivity index is 1.91. The van der Waals surface area contributed by atoms with Gasteiger partial charge in [0, 0.05) is 25.0 Å². The minimum atomic E-state index is -0.273. The smallest absolute Gasteiger partial charge is 0.197 e. The number of hydrogen-bond acceptors (Lipinski definition) is 5. The zero-order chi connectivity index (χ0) is 13.9. The molecular formula is C13H10FN5S.